The van der Waals surface area contributed by atoms with E-state index >= 15 is 0 Å². The minimum Gasteiger partial charge on any atom is -0.301 e. The van der Waals surface area contributed by atoms with E-state index in [4.69, 9.17) is 0 Å². The molecule has 27 heavy (non-hydrogen) atoms. The third kappa shape index (κ3) is 3.91. The number of nitrogens with one attached hydrogen (secondary N) is 2. The van der Waals surface area contributed by atoms with Crippen LogP contribution in [-0.2, 0) is 11.2 Å². The van der Waals surface area contributed by atoms with Gasteiger partial charge in [-0.1, -0.05) is 18.2 Å². The maximum atomic E-state index is 12.7. The number of benzene rings is 1. The van der Waals surface area contributed by atoms with Crippen molar-refractivity contribution in [3.05, 3.63) is 57.5 Å². The average molecular weight is 399 g/mol. The van der Waals surface area contributed by atoms with Gasteiger partial charge in [0.1, 0.15) is 0 Å². The SMILES string of the molecule is Cc1csc(NC(=O)C2CCCc3sc(NC(=O)c4ccccc4)nc32)n1. The van der Waals surface area contributed by atoms with Crippen LogP contribution in [0.3, 0.4) is 0 Å². The van der Waals surface area contributed by atoms with Crippen molar-refractivity contribution in [2.75, 3.05) is 10.6 Å². The first-order valence-electron chi connectivity index (χ1n) is 8.69. The van der Waals surface area contributed by atoms with Gasteiger partial charge in [-0.05, 0) is 38.3 Å². The fraction of sp³-hybridized carbons (Fsp3) is 0.263. The fourth-order valence-electron chi connectivity index (χ4n) is 3.09. The lowest BCUT2D eigenvalue weighted by Gasteiger charge is -2.19. The highest BCUT2D eigenvalue weighted by molar-refractivity contribution is 7.16. The molecule has 1 aromatic carbocycles. The van der Waals surface area contributed by atoms with E-state index in [1.165, 1.54) is 22.7 Å². The Morgan fingerprint density at radius 2 is 1.93 bits per heavy atom. The molecule has 138 valence electrons. The second-order valence-corrected chi connectivity index (χ2v) is 8.32. The predicted octanol–water partition coefficient (Wildman–Crippen LogP) is 4.22. The maximum Gasteiger partial charge on any atom is 0.257 e. The third-order valence-electron chi connectivity index (χ3n) is 4.38. The molecule has 0 aliphatic heterocycles. The molecule has 4 rings (SSSR count). The van der Waals surface area contributed by atoms with E-state index in [0.29, 0.717) is 15.8 Å². The monoisotopic (exact) mass is 398 g/mol. The number of carbonyl (C=O) groups excluding carboxylic acids is 2. The van der Waals surface area contributed by atoms with E-state index in [-0.39, 0.29) is 17.7 Å². The summed E-state index contributed by atoms with van der Waals surface area (Å²) >= 11 is 2.87. The topological polar surface area (TPSA) is 84.0 Å². The minimum absolute atomic E-state index is 0.0865. The van der Waals surface area contributed by atoms with Crippen molar-refractivity contribution in [1.29, 1.82) is 0 Å². The van der Waals surface area contributed by atoms with Crippen LogP contribution in [0.2, 0.25) is 0 Å². The Labute approximate surface area is 164 Å². The van der Waals surface area contributed by atoms with Gasteiger partial charge in [0.25, 0.3) is 5.91 Å². The molecule has 0 saturated heterocycles. The van der Waals surface area contributed by atoms with E-state index in [2.05, 4.69) is 20.6 Å². The Morgan fingerprint density at radius 1 is 1.11 bits per heavy atom. The zero-order valence-electron chi connectivity index (χ0n) is 14.7. The molecule has 1 atom stereocenters. The molecule has 1 unspecified atom stereocenters. The zero-order chi connectivity index (χ0) is 18.8. The van der Waals surface area contributed by atoms with Gasteiger partial charge in [-0.3, -0.25) is 14.9 Å². The van der Waals surface area contributed by atoms with Crippen LogP contribution in [0.5, 0.6) is 0 Å². The number of fused-ring (bicyclic) bond motifs is 1. The van der Waals surface area contributed by atoms with Crippen molar-refractivity contribution < 1.29 is 9.59 Å². The van der Waals surface area contributed by atoms with Crippen molar-refractivity contribution in [2.24, 2.45) is 0 Å². The normalized spacial score (nSPS) is 15.8. The first kappa shape index (κ1) is 17.8. The second-order valence-electron chi connectivity index (χ2n) is 6.38. The molecule has 3 aromatic rings. The summed E-state index contributed by atoms with van der Waals surface area (Å²) in [5.74, 6) is -0.589. The molecular weight excluding hydrogens is 380 g/mol. The summed E-state index contributed by atoms with van der Waals surface area (Å²) in [7, 11) is 0. The molecule has 0 radical (unpaired) electrons. The maximum absolute atomic E-state index is 12.7. The van der Waals surface area contributed by atoms with Gasteiger partial charge < -0.3 is 5.32 Å². The van der Waals surface area contributed by atoms with Gasteiger partial charge in [-0.2, -0.15) is 0 Å². The van der Waals surface area contributed by atoms with E-state index in [9.17, 15) is 9.59 Å². The summed E-state index contributed by atoms with van der Waals surface area (Å²) in [6.07, 6.45) is 2.56. The number of amides is 2. The van der Waals surface area contributed by atoms with Crippen LogP contribution < -0.4 is 10.6 Å². The third-order valence-corrected chi connectivity index (χ3v) is 6.30. The van der Waals surface area contributed by atoms with Crippen LogP contribution in [0.4, 0.5) is 10.3 Å². The van der Waals surface area contributed by atoms with Crippen molar-refractivity contribution in [3.8, 4) is 0 Å². The van der Waals surface area contributed by atoms with Crippen LogP contribution >= 0.6 is 22.7 Å². The summed E-state index contributed by atoms with van der Waals surface area (Å²) in [5.41, 5.74) is 2.25. The molecule has 2 amide bonds. The van der Waals surface area contributed by atoms with Crippen molar-refractivity contribution in [2.45, 2.75) is 32.1 Å². The number of aromatic nitrogens is 2. The molecule has 0 saturated carbocycles. The molecule has 1 aliphatic rings. The van der Waals surface area contributed by atoms with E-state index in [1.807, 2.05) is 30.5 Å². The molecule has 8 heteroatoms. The van der Waals surface area contributed by atoms with Crippen molar-refractivity contribution in [3.63, 3.8) is 0 Å². The Hall–Kier alpha value is -2.58. The van der Waals surface area contributed by atoms with Crippen LogP contribution in [0.1, 0.15) is 45.4 Å². The number of hydrogen-bond donors (Lipinski definition) is 2. The number of rotatable bonds is 4. The number of anilines is 2. The van der Waals surface area contributed by atoms with Crippen LogP contribution in [0.25, 0.3) is 0 Å². The van der Waals surface area contributed by atoms with E-state index in [1.54, 1.807) is 12.1 Å². The second kappa shape index (κ2) is 7.58. The number of thiazole rings is 2. The summed E-state index contributed by atoms with van der Waals surface area (Å²) in [5, 5.41) is 8.80. The lowest BCUT2D eigenvalue weighted by molar-refractivity contribution is -0.117. The van der Waals surface area contributed by atoms with Gasteiger partial charge in [0.2, 0.25) is 5.91 Å². The molecule has 2 heterocycles. The lowest BCUT2D eigenvalue weighted by atomic mass is 9.90. The van der Waals surface area contributed by atoms with Gasteiger partial charge in [-0.15, -0.1) is 22.7 Å². The first-order chi connectivity index (χ1) is 13.1. The highest BCUT2D eigenvalue weighted by Gasteiger charge is 2.31. The Balaban J connectivity index is 1.51. The Bertz CT molecular complexity index is 981. The van der Waals surface area contributed by atoms with Gasteiger partial charge in [0, 0.05) is 15.8 Å². The Kier molecular flexibility index (Phi) is 5.00. The highest BCUT2D eigenvalue weighted by atomic mass is 32.1. The standard InChI is InChI=1S/C19H18N4O2S2/c1-11-10-26-18(20-11)23-17(25)13-8-5-9-14-15(13)21-19(27-14)22-16(24)12-6-3-2-4-7-12/h2-4,6-7,10,13H,5,8-9H2,1H3,(H,20,23,25)(H,21,22,24). The van der Waals surface area contributed by atoms with Crippen molar-refractivity contribution in [1.82, 2.24) is 9.97 Å². The van der Waals surface area contributed by atoms with E-state index in [0.717, 1.165) is 35.5 Å². The predicted molar refractivity (Wildman–Crippen MR) is 108 cm³/mol. The molecule has 2 N–H and O–H groups in total. The van der Waals surface area contributed by atoms with Gasteiger partial charge >= 0.3 is 0 Å². The van der Waals surface area contributed by atoms with Crippen LogP contribution in [-0.4, -0.2) is 21.8 Å². The molecule has 1 aliphatic carbocycles. The molecule has 0 spiro atoms. The van der Waals surface area contributed by atoms with Gasteiger partial charge in [0.15, 0.2) is 10.3 Å². The number of carbonyl (C=O) groups is 2. The average Bonchev–Trinajstić information content (AvgIpc) is 3.27. The van der Waals surface area contributed by atoms with Gasteiger partial charge in [0.05, 0.1) is 17.3 Å². The number of nitrogens with zero attached hydrogens (tertiary/aromatic N) is 2. The number of aryl methyl sites for hydroxylation is 2. The highest BCUT2D eigenvalue weighted by Crippen LogP contribution is 2.37. The summed E-state index contributed by atoms with van der Waals surface area (Å²) in [6, 6.07) is 9.03. The first-order valence-corrected chi connectivity index (χ1v) is 10.4. The number of hydrogen-bond acceptors (Lipinski definition) is 6. The minimum atomic E-state index is -0.309. The van der Waals surface area contributed by atoms with Crippen molar-refractivity contribution >= 4 is 44.8 Å². The Morgan fingerprint density at radius 3 is 2.67 bits per heavy atom. The summed E-state index contributed by atoms with van der Waals surface area (Å²) in [6.45, 7) is 1.90. The smallest absolute Gasteiger partial charge is 0.257 e. The zero-order valence-corrected chi connectivity index (χ0v) is 16.3. The largest absolute Gasteiger partial charge is 0.301 e. The fourth-order valence-corrected chi connectivity index (χ4v) is 4.84. The molecule has 2 aromatic heterocycles. The lowest BCUT2D eigenvalue weighted by Crippen LogP contribution is -2.24. The molecule has 0 bridgehead atoms. The van der Waals surface area contributed by atoms with Gasteiger partial charge in [-0.25, -0.2) is 9.97 Å². The summed E-state index contributed by atoms with van der Waals surface area (Å²) in [4.78, 5) is 35.0. The van der Waals surface area contributed by atoms with E-state index < -0.39 is 0 Å². The molecule has 6 nitrogen and oxygen atoms in total. The summed E-state index contributed by atoms with van der Waals surface area (Å²) < 4.78 is 0. The van der Waals surface area contributed by atoms with Crippen LogP contribution in [0.15, 0.2) is 35.7 Å². The van der Waals surface area contributed by atoms with Crippen LogP contribution in [0, 0.1) is 6.92 Å². The quantitative estimate of drug-likeness (QED) is 0.689. The molecule has 0 fully saturated rings. The molecular formula is C19H18N4O2S2.